The summed E-state index contributed by atoms with van der Waals surface area (Å²) in [4.78, 5) is 0. The highest BCUT2D eigenvalue weighted by atomic mass is 35.5. The second-order valence-corrected chi connectivity index (χ2v) is 6.19. The average molecular weight is 278 g/mol. The maximum atomic E-state index is 11.6. The number of hydrogen-bond donors (Lipinski definition) is 2. The van der Waals surface area contributed by atoms with E-state index in [1.54, 1.807) is 19.1 Å². The standard InChI is InChI=1S/C11H16ClNO3S/c1-9(6-12)8-17(15,16)13-7-10-2-4-11(14)5-3-10/h2-5,9,13-14H,6-8H2,1H3. The molecule has 0 aliphatic carbocycles. The number of benzene rings is 1. The minimum atomic E-state index is -3.30. The van der Waals surface area contributed by atoms with Crippen molar-refractivity contribution in [3.05, 3.63) is 29.8 Å². The highest BCUT2D eigenvalue weighted by Gasteiger charge is 2.14. The number of phenols is 1. The minimum absolute atomic E-state index is 0.0224. The first-order chi connectivity index (χ1) is 7.93. The van der Waals surface area contributed by atoms with E-state index >= 15 is 0 Å². The van der Waals surface area contributed by atoms with Gasteiger partial charge in [0, 0.05) is 12.4 Å². The second kappa shape index (κ2) is 6.23. The van der Waals surface area contributed by atoms with Gasteiger partial charge in [-0.1, -0.05) is 19.1 Å². The van der Waals surface area contributed by atoms with Crippen molar-refractivity contribution >= 4 is 21.6 Å². The molecule has 17 heavy (non-hydrogen) atoms. The molecule has 4 nitrogen and oxygen atoms in total. The summed E-state index contributed by atoms with van der Waals surface area (Å²) in [5.41, 5.74) is 0.796. The van der Waals surface area contributed by atoms with Gasteiger partial charge in [-0.2, -0.15) is 0 Å². The molecule has 2 N–H and O–H groups in total. The summed E-state index contributed by atoms with van der Waals surface area (Å²) in [6.45, 7) is 2.00. The lowest BCUT2D eigenvalue weighted by atomic mass is 10.2. The smallest absolute Gasteiger partial charge is 0.212 e. The van der Waals surface area contributed by atoms with Crippen molar-refractivity contribution in [1.82, 2.24) is 4.72 Å². The molecule has 1 aromatic rings. The van der Waals surface area contributed by atoms with Crippen LogP contribution in [0.3, 0.4) is 0 Å². The first-order valence-electron chi connectivity index (χ1n) is 5.24. The molecule has 1 atom stereocenters. The summed E-state index contributed by atoms with van der Waals surface area (Å²) in [6.07, 6.45) is 0. The molecule has 0 aromatic heterocycles. The van der Waals surface area contributed by atoms with E-state index in [0.29, 0.717) is 5.88 Å². The van der Waals surface area contributed by atoms with Crippen LogP contribution in [0.2, 0.25) is 0 Å². The normalized spacial score (nSPS) is 13.5. The van der Waals surface area contributed by atoms with Gasteiger partial charge in [-0.15, -0.1) is 11.6 Å². The molecule has 0 aliphatic rings. The van der Waals surface area contributed by atoms with Crippen LogP contribution in [0, 0.1) is 5.92 Å². The molecule has 1 aromatic carbocycles. The Morgan fingerprint density at radius 1 is 1.35 bits per heavy atom. The van der Waals surface area contributed by atoms with Gasteiger partial charge in [-0.25, -0.2) is 13.1 Å². The maximum absolute atomic E-state index is 11.6. The predicted molar refractivity (Wildman–Crippen MR) is 68.6 cm³/mol. The van der Waals surface area contributed by atoms with Gasteiger partial charge in [0.15, 0.2) is 0 Å². The fourth-order valence-corrected chi connectivity index (χ4v) is 2.90. The lowest BCUT2D eigenvalue weighted by molar-refractivity contribution is 0.475. The number of rotatable bonds is 6. The summed E-state index contributed by atoms with van der Waals surface area (Å²) >= 11 is 5.57. The molecule has 0 bridgehead atoms. The third-order valence-corrected chi connectivity index (χ3v) is 4.32. The molecule has 0 radical (unpaired) electrons. The lowest BCUT2D eigenvalue weighted by Gasteiger charge is -2.10. The van der Waals surface area contributed by atoms with Crippen LogP contribution >= 0.6 is 11.6 Å². The van der Waals surface area contributed by atoms with Crippen LogP contribution in [0.25, 0.3) is 0 Å². The Labute approximate surface area is 107 Å². The molecular weight excluding hydrogens is 262 g/mol. The fraction of sp³-hybridized carbons (Fsp3) is 0.455. The van der Waals surface area contributed by atoms with Gasteiger partial charge in [0.1, 0.15) is 5.75 Å². The molecule has 0 aliphatic heterocycles. The summed E-state index contributed by atoms with van der Waals surface area (Å²) in [7, 11) is -3.30. The van der Waals surface area contributed by atoms with Gasteiger partial charge < -0.3 is 5.11 Å². The molecular formula is C11H16ClNO3S. The van der Waals surface area contributed by atoms with Gasteiger partial charge >= 0.3 is 0 Å². The number of alkyl halides is 1. The van der Waals surface area contributed by atoms with E-state index in [4.69, 9.17) is 16.7 Å². The molecule has 0 saturated carbocycles. The summed E-state index contributed by atoms with van der Waals surface area (Å²) < 4.78 is 25.7. The van der Waals surface area contributed by atoms with Crippen LogP contribution in [0.15, 0.2) is 24.3 Å². The van der Waals surface area contributed by atoms with Crippen molar-refractivity contribution in [1.29, 1.82) is 0 Å². The Bertz CT molecular complexity index is 444. The average Bonchev–Trinajstić information content (AvgIpc) is 2.28. The van der Waals surface area contributed by atoms with Crippen LogP contribution < -0.4 is 4.72 Å². The monoisotopic (exact) mass is 277 g/mol. The summed E-state index contributed by atoms with van der Waals surface area (Å²) in [6, 6.07) is 6.38. The second-order valence-electron chi connectivity index (χ2n) is 4.03. The minimum Gasteiger partial charge on any atom is -0.508 e. The zero-order chi connectivity index (χ0) is 12.9. The summed E-state index contributed by atoms with van der Waals surface area (Å²) in [5.74, 6) is 0.427. The zero-order valence-corrected chi connectivity index (χ0v) is 11.1. The number of phenolic OH excluding ortho intramolecular Hbond substituents is 1. The molecule has 0 spiro atoms. The molecule has 0 amide bonds. The van der Waals surface area contributed by atoms with Crippen molar-refractivity contribution in [3.63, 3.8) is 0 Å². The first-order valence-corrected chi connectivity index (χ1v) is 7.43. The molecule has 0 heterocycles. The third kappa shape index (κ3) is 5.39. The van der Waals surface area contributed by atoms with Crippen LogP contribution in [-0.2, 0) is 16.6 Å². The van der Waals surface area contributed by atoms with Crippen LogP contribution in [0.1, 0.15) is 12.5 Å². The Morgan fingerprint density at radius 3 is 2.47 bits per heavy atom. The van der Waals surface area contributed by atoms with E-state index in [0.717, 1.165) is 5.56 Å². The number of sulfonamides is 1. The van der Waals surface area contributed by atoms with Crippen molar-refractivity contribution in [2.24, 2.45) is 5.92 Å². The van der Waals surface area contributed by atoms with E-state index in [9.17, 15) is 8.42 Å². The van der Waals surface area contributed by atoms with Crippen molar-refractivity contribution < 1.29 is 13.5 Å². The first kappa shape index (κ1) is 14.3. The van der Waals surface area contributed by atoms with Crippen LogP contribution in [0.5, 0.6) is 5.75 Å². The quantitative estimate of drug-likeness (QED) is 0.778. The molecule has 1 rings (SSSR count). The van der Waals surface area contributed by atoms with Crippen molar-refractivity contribution in [2.45, 2.75) is 13.5 Å². The van der Waals surface area contributed by atoms with E-state index < -0.39 is 10.0 Å². The highest BCUT2D eigenvalue weighted by molar-refractivity contribution is 7.89. The van der Waals surface area contributed by atoms with Crippen LogP contribution in [-0.4, -0.2) is 25.2 Å². The van der Waals surface area contributed by atoms with Gasteiger partial charge in [0.05, 0.1) is 5.75 Å². The van der Waals surface area contributed by atoms with Crippen molar-refractivity contribution in [2.75, 3.05) is 11.6 Å². The Hall–Kier alpha value is -0.780. The SMILES string of the molecule is CC(CCl)CS(=O)(=O)NCc1ccc(O)cc1. The fourth-order valence-electron chi connectivity index (χ4n) is 1.29. The van der Waals surface area contributed by atoms with Crippen LogP contribution in [0.4, 0.5) is 0 Å². The summed E-state index contributed by atoms with van der Waals surface area (Å²) in [5, 5.41) is 9.08. The van der Waals surface area contributed by atoms with Gasteiger partial charge in [0.2, 0.25) is 10.0 Å². The lowest BCUT2D eigenvalue weighted by Crippen LogP contribution is -2.29. The third-order valence-electron chi connectivity index (χ3n) is 2.20. The van der Waals surface area contributed by atoms with E-state index in [2.05, 4.69) is 4.72 Å². The van der Waals surface area contributed by atoms with Gasteiger partial charge in [0.25, 0.3) is 0 Å². The topological polar surface area (TPSA) is 66.4 Å². The largest absolute Gasteiger partial charge is 0.508 e. The number of halogens is 1. The number of nitrogens with one attached hydrogen (secondary N) is 1. The molecule has 96 valence electrons. The number of aromatic hydroxyl groups is 1. The van der Waals surface area contributed by atoms with E-state index in [-0.39, 0.29) is 24.0 Å². The predicted octanol–water partition coefficient (Wildman–Crippen LogP) is 1.69. The Morgan fingerprint density at radius 2 is 1.94 bits per heavy atom. The zero-order valence-electron chi connectivity index (χ0n) is 9.56. The molecule has 1 unspecified atom stereocenters. The maximum Gasteiger partial charge on any atom is 0.212 e. The van der Waals surface area contributed by atoms with E-state index in [1.165, 1.54) is 12.1 Å². The number of hydrogen-bond acceptors (Lipinski definition) is 3. The van der Waals surface area contributed by atoms with Crippen molar-refractivity contribution in [3.8, 4) is 5.75 Å². The molecule has 6 heteroatoms. The van der Waals surface area contributed by atoms with Gasteiger partial charge in [-0.3, -0.25) is 0 Å². The molecule has 0 fully saturated rings. The molecule has 0 saturated heterocycles. The Balaban J connectivity index is 2.52. The highest BCUT2D eigenvalue weighted by Crippen LogP contribution is 2.10. The Kier molecular flexibility index (Phi) is 5.24. The van der Waals surface area contributed by atoms with E-state index in [1.807, 2.05) is 0 Å². The van der Waals surface area contributed by atoms with Gasteiger partial charge in [-0.05, 0) is 23.6 Å².